The van der Waals surface area contributed by atoms with Crippen molar-refractivity contribution in [1.82, 2.24) is 9.78 Å². The van der Waals surface area contributed by atoms with E-state index in [9.17, 15) is 9.59 Å². The number of nitrogens with zero attached hydrogens (tertiary/aromatic N) is 3. The van der Waals surface area contributed by atoms with E-state index in [1.54, 1.807) is 20.2 Å². The lowest BCUT2D eigenvalue weighted by atomic mass is 9.90. The maximum Gasteiger partial charge on any atom is 0.313 e. The van der Waals surface area contributed by atoms with Gasteiger partial charge in [-0.15, -0.1) is 0 Å². The molecule has 0 saturated carbocycles. The normalized spacial score (nSPS) is 22.1. The largest absolute Gasteiger partial charge is 0.466 e. The van der Waals surface area contributed by atoms with Gasteiger partial charge in [-0.3, -0.25) is 9.59 Å². The van der Waals surface area contributed by atoms with Crippen LogP contribution >= 0.6 is 11.6 Å². The molecule has 7 heteroatoms. The molecule has 2 heterocycles. The van der Waals surface area contributed by atoms with Crippen LogP contribution in [-0.2, 0) is 16.6 Å². The molecule has 0 aliphatic carbocycles. The second-order valence-electron chi connectivity index (χ2n) is 5.23. The Balaban J connectivity index is 2.24. The summed E-state index contributed by atoms with van der Waals surface area (Å²) in [6.07, 6.45) is 2.22. The number of ether oxygens (including phenoxy) is 1. The van der Waals surface area contributed by atoms with Gasteiger partial charge in [-0.2, -0.15) is 5.10 Å². The summed E-state index contributed by atoms with van der Waals surface area (Å²) < 4.78 is 6.29. The summed E-state index contributed by atoms with van der Waals surface area (Å²) >= 11 is 6.08. The number of hydrogen-bond donors (Lipinski definition) is 0. The molecule has 20 heavy (non-hydrogen) atoms. The third-order valence-electron chi connectivity index (χ3n) is 3.64. The lowest BCUT2D eigenvalue weighted by molar-refractivity contribution is -0.153. The number of rotatable bonds is 3. The van der Waals surface area contributed by atoms with Crippen LogP contribution in [0.15, 0.2) is 11.0 Å². The van der Waals surface area contributed by atoms with Crippen molar-refractivity contribution in [3.8, 4) is 0 Å². The van der Waals surface area contributed by atoms with Crippen LogP contribution in [-0.4, -0.2) is 35.4 Å². The molecule has 1 saturated heterocycles. The Kier molecular flexibility index (Phi) is 4.04. The Hall–Kier alpha value is -1.56. The average molecular weight is 300 g/mol. The van der Waals surface area contributed by atoms with Crippen molar-refractivity contribution in [2.45, 2.75) is 20.3 Å². The van der Waals surface area contributed by atoms with Crippen LogP contribution in [0.2, 0.25) is 5.02 Å². The fourth-order valence-electron chi connectivity index (χ4n) is 2.36. The lowest BCUT2D eigenvalue weighted by Crippen LogP contribution is -2.34. The van der Waals surface area contributed by atoms with Crippen LogP contribution in [0, 0.1) is 5.41 Å². The molecule has 0 radical (unpaired) electrons. The average Bonchev–Trinajstić information content (AvgIpc) is 2.80. The molecule has 110 valence electrons. The van der Waals surface area contributed by atoms with E-state index in [-0.39, 0.29) is 16.6 Å². The van der Waals surface area contributed by atoms with E-state index >= 15 is 0 Å². The van der Waals surface area contributed by atoms with Crippen LogP contribution in [0.1, 0.15) is 20.3 Å². The van der Waals surface area contributed by atoms with Gasteiger partial charge in [-0.05, 0) is 20.3 Å². The predicted molar refractivity (Wildman–Crippen MR) is 76.1 cm³/mol. The summed E-state index contributed by atoms with van der Waals surface area (Å²) in [6.45, 7) is 5.13. The van der Waals surface area contributed by atoms with E-state index in [0.717, 1.165) is 0 Å². The Morgan fingerprint density at radius 1 is 1.60 bits per heavy atom. The summed E-state index contributed by atoms with van der Waals surface area (Å²) in [4.78, 5) is 25.7. The van der Waals surface area contributed by atoms with Gasteiger partial charge in [0.05, 0.1) is 23.9 Å². The molecule has 1 unspecified atom stereocenters. The maximum absolute atomic E-state index is 12.0. The molecular weight excluding hydrogens is 282 g/mol. The first-order chi connectivity index (χ1) is 9.39. The molecule has 1 aliphatic heterocycles. The molecule has 0 spiro atoms. The van der Waals surface area contributed by atoms with Crippen LogP contribution in [0.4, 0.5) is 5.69 Å². The summed E-state index contributed by atoms with van der Waals surface area (Å²) in [5, 5.41) is 4.11. The minimum atomic E-state index is -0.569. The van der Waals surface area contributed by atoms with Gasteiger partial charge in [-0.25, -0.2) is 4.68 Å². The van der Waals surface area contributed by atoms with E-state index in [0.29, 0.717) is 31.8 Å². The van der Waals surface area contributed by atoms with Gasteiger partial charge < -0.3 is 9.64 Å². The maximum atomic E-state index is 12.0. The Morgan fingerprint density at radius 2 is 2.30 bits per heavy atom. The molecule has 0 bridgehead atoms. The first-order valence-electron chi connectivity index (χ1n) is 6.53. The van der Waals surface area contributed by atoms with Crippen LogP contribution in [0.5, 0.6) is 0 Å². The minimum absolute atomic E-state index is 0.135. The molecule has 0 amide bonds. The summed E-state index contributed by atoms with van der Waals surface area (Å²) in [7, 11) is 1.55. The van der Waals surface area contributed by atoms with Gasteiger partial charge in [-0.1, -0.05) is 11.6 Å². The number of halogens is 1. The molecular formula is C13H18ClN3O3. The van der Waals surface area contributed by atoms with E-state index in [1.165, 1.54) is 4.68 Å². The number of carbonyl (C=O) groups excluding carboxylic acids is 1. The molecule has 0 aromatic carbocycles. The highest BCUT2D eigenvalue weighted by Crippen LogP contribution is 2.35. The molecule has 6 nitrogen and oxygen atoms in total. The highest BCUT2D eigenvalue weighted by molar-refractivity contribution is 6.33. The third-order valence-corrected chi connectivity index (χ3v) is 4.00. The van der Waals surface area contributed by atoms with E-state index in [1.807, 2.05) is 11.8 Å². The van der Waals surface area contributed by atoms with Crippen molar-refractivity contribution >= 4 is 23.3 Å². The SMILES string of the molecule is CCOC(=O)C1(C)CCN(c2cnn(C)c(=O)c2Cl)C1. The molecule has 1 aliphatic rings. The second-order valence-corrected chi connectivity index (χ2v) is 5.60. The van der Waals surface area contributed by atoms with Gasteiger partial charge in [0.2, 0.25) is 0 Å². The third kappa shape index (κ3) is 2.52. The smallest absolute Gasteiger partial charge is 0.313 e. The first-order valence-corrected chi connectivity index (χ1v) is 6.91. The molecule has 1 aromatic rings. The van der Waals surface area contributed by atoms with Gasteiger partial charge >= 0.3 is 5.97 Å². The van der Waals surface area contributed by atoms with Crippen LogP contribution in [0.25, 0.3) is 0 Å². The Morgan fingerprint density at radius 3 is 2.95 bits per heavy atom. The number of aromatic nitrogens is 2. The monoisotopic (exact) mass is 299 g/mol. The fraction of sp³-hybridized carbons (Fsp3) is 0.615. The first kappa shape index (κ1) is 14.8. The van der Waals surface area contributed by atoms with Gasteiger partial charge in [0.1, 0.15) is 5.02 Å². The van der Waals surface area contributed by atoms with Crippen LogP contribution in [0.3, 0.4) is 0 Å². The van der Waals surface area contributed by atoms with E-state index in [2.05, 4.69) is 5.10 Å². The standard InChI is InChI=1S/C13H18ClN3O3/c1-4-20-12(19)13(2)5-6-17(8-13)9-7-15-16(3)11(18)10(9)14/h7H,4-6,8H2,1-3H3. The number of anilines is 1. The predicted octanol–water partition coefficient (Wildman–Crippen LogP) is 1.21. The molecule has 2 rings (SSSR count). The number of carbonyl (C=O) groups is 1. The quantitative estimate of drug-likeness (QED) is 0.785. The number of aryl methyl sites for hydroxylation is 1. The zero-order valence-corrected chi connectivity index (χ0v) is 12.6. The minimum Gasteiger partial charge on any atom is -0.466 e. The van der Waals surface area contributed by atoms with Crippen molar-refractivity contribution in [3.05, 3.63) is 21.6 Å². The Labute approximate surface area is 122 Å². The van der Waals surface area contributed by atoms with E-state index < -0.39 is 5.41 Å². The summed E-state index contributed by atoms with van der Waals surface area (Å²) in [5.41, 5.74) is -0.336. The highest BCUT2D eigenvalue weighted by atomic mass is 35.5. The van der Waals surface area contributed by atoms with E-state index in [4.69, 9.17) is 16.3 Å². The Bertz CT molecular complexity index is 587. The topological polar surface area (TPSA) is 64.4 Å². The van der Waals surface area contributed by atoms with Crippen molar-refractivity contribution in [2.75, 3.05) is 24.6 Å². The molecule has 1 atom stereocenters. The summed E-state index contributed by atoms with van der Waals surface area (Å²) in [5.74, 6) is -0.213. The van der Waals surface area contributed by atoms with Gasteiger partial charge in [0, 0.05) is 20.1 Å². The number of hydrogen-bond acceptors (Lipinski definition) is 5. The second kappa shape index (κ2) is 5.44. The molecule has 1 aromatic heterocycles. The highest BCUT2D eigenvalue weighted by Gasteiger charge is 2.42. The number of esters is 1. The zero-order chi connectivity index (χ0) is 14.9. The van der Waals surface area contributed by atoms with Crippen molar-refractivity contribution < 1.29 is 9.53 Å². The molecule has 0 N–H and O–H groups in total. The summed E-state index contributed by atoms with van der Waals surface area (Å²) in [6, 6.07) is 0. The molecule has 1 fully saturated rings. The van der Waals surface area contributed by atoms with Crippen molar-refractivity contribution in [2.24, 2.45) is 12.5 Å². The van der Waals surface area contributed by atoms with Crippen LogP contribution < -0.4 is 10.5 Å². The fourth-order valence-corrected chi connectivity index (χ4v) is 2.65. The van der Waals surface area contributed by atoms with Gasteiger partial charge in [0.15, 0.2) is 0 Å². The van der Waals surface area contributed by atoms with Gasteiger partial charge in [0.25, 0.3) is 5.56 Å². The van der Waals surface area contributed by atoms with Crippen molar-refractivity contribution in [1.29, 1.82) is 0 Å². The van der Waals surface area contributed by atoms with Crippen molar-refractivity contribution in [3.63, 3.8) is 0 Å². The lowest BCUT2D eigenvalue weighted by Gasteiger charge is -2.23. The zero-order valence-electron chi connectivity index (χ0n) is 11.9.